The lowest BCUT2D eigenvalue weighted by Gasteiger charge is -2.19. The number of amides is 1. The maximum Gasteiger partial charge on any atom is 0.326 e. The van der Waals surface area contributed by atoms with E-state index in [1.807, 2.05) is 6.92 Å². The number of hydrogen-bond acceptors (Lipinski definition) is 3. The molecule has 1 aliphatic rings. The molecule has 6 nitrogen and oxygen atoms in total. The molecule has 0 saturated carbocycles. The molecule has 0 bridgehead atoms. The van der Waals surface area contributed by atoms with Gasteiger partial charge < -0.3 is 10.4 Å². The Bertz CT molecular complexity index is 847. The van der Waals surface area contributed by atoms with Crippen LogP contribution in [0.25, 0.3) is 5.69 Å². The Balaban J connectivity index is 1.95. The maximum absolute atomic E-state index is 13.6. The molecule has 0 radical (unpaired) electrons. The van der Waals surface area contributed by atoms with Crippen LogP contribution in [0.2, 0.25) is 0 Å². The van der Waals surface area contributed by atoms with E-state index in [4.69, 9.17) is 0 Å². The first-order chi connectivity index (χ1) is 12.4. The van der Waals surface area contributed by atoms with Crippen molar-refractivity contribution in [3.63, 3.8) is 0 Å². The molecule has 2 unspecified atom stereocenters. The minimum Gasteiger partial charge on any atom is -0.480 e. The number of carboxylic acid groups (broad SMARTS) is 1. The van der Waals surface area contributed by atoms with E-state index in [0.717, 1.165) is 24.1 Å². The van der Waals surface area contributed by atoms with E-state index in [0.29, 0.717) is 18.5 Å². The highest BCUT2D eigenvalue weighted by atomic mass is 19.1. The largest absolute Gasteiger partial charge is 0.480 e. The molecule has 2 atom stereocenters. The summed E-state index contributed by atoms with van der Waals surface area (Å²) in [5.41, 5.74) is 2.49. The zero-order valence-corrected chi connectivity index (χ0v) is 14.8. The smallest absolute Gasteiger partial charge is 0.326 e. The highest BCUT2D eigenvalue weighted by molar-refractivity contribution is 5.96. The molecule has 26 heavy (non-hydrogen) atoms. The highest BCUT2D eigenvalue weighted by Crippen LogP contribution is 2.28. The molecule has 1 aliphatic carbocycles. The summed E-state index contributed by atoms with van der Waals surface area (Å²) in [7, 11) is 0. The first kappa shape index (κ1) is 18.1. The van der Waals surface area contributed by atoms with Gasteiger partial charge in [-0.15, -0.1) is 0 Å². The van der Waals surface area contributed by atoms with Crippen molar-refractivity contribution in [3.8, 4) is 5.69 Å². The van der Waals surface area contributed by atoms with Crippen LogP contribution in [-0.2, 0) is 17.6 Å². The van der Waals surface area contributed by atoms with Crippen LogP contribution in [0.15, 0.2) is 24.3 Å². The number of benzene rings is 1. The number of carbonyl (C=O) groups excluding carboxylic acids is 1. The number of carbonyl (C=O) groups is 2. The summed E-state index contributed by atoms with van der Waals surface area (Å²) in [6, 6.07) is 5.08. The summed E-state index contributed by atoms with van der Waals surface area (Å²) >= 11 is 0. The van der Waals surface area contributed by atoms with Crippen LogP contribution in [0.3, 0.4) is 0 Å². The number of rotatable bonds is 6. The molecule has 1 aromatic heterocycles. The highest BCUT2D eigenvalue weighted by Gasteiger charge is 2.31. The van der Waals surface area contributed by atoms with E-state index in [1.54, 1.807) is 23.7 Å². The number of aromatic nitrogens is 2. The Kier molecular flexibility index (Phi) is 5.06. The second kappa shape index (κ2) is 7.27. The number of fused-ring (bicyclic) bond motifs is 1. The van der Waals surface area contributed by atoms with Crippen molar-refractivity contribution in [2.75, 3.05) is 0 Å². The van der Waals surface area contributed by atoms with Gasteiger partial charge in [0.1, 0.15) is 11.9 Å². The molecule has 3 rings (SSSR count). The van der Waals surface area contributed by atoms with E-state index in [1.165, 1.54) is 12.1 Å². The molecule has 1 amide bonds. The van der Waals surface area contributed by atoms with Gasteiger partial charge >= 0.3 is 5.97 Å². The van der Waals surface area contributed by atoms with Gasteiger partial charge in [0, 0.05) is 11.3 Å². The van der Waals surface area contributed by atoms with Crippen LogP contribution in [0, 0.1) is 11.7 Å². The summed E-state index contributed by atoms with van der Waals surface area (Å²) < 4.78 is 15.2. The van der Waals surface area contributed by atoms with E-state index in [9.17, 15) is 19.1 Å². The number of nitrogens with zero attached hydrogens (tertiary/aromatic N) is 2. The van der Waals surface area contributed by atoms with Gasteiger partial charge in [0.2, 0.25) is 0 Å². The zero-order valence-electron chi connectivity index (χ0n) is 14.8. The molecule has 0 fully saturated rings. The average Bonchev–Trinajstić information content (AvgIpc) is 3.20. The lowest BCUT2D eigenvalue weighted by molar-refractivity contribution is -0.140. The molecule has 0 aliphatic heterocycles. The zero-order chi connectivity index (χ0) is 18.8. The van der Waals surface area contributed by atoms with E-state index in [2.05, 4.69) is 10.4 Å². The number of nitrogens with one attached hydrogen (secondary N) is 1. The van der Waals surface area contributed by atoms with Crippen LogP contribution in [0.5, 0.6) is 0 Å². The Hall–Kier alpha value is -2.70. The van der Waals surface area contributed by atoms with Crippen molar-refractivity contribution >= 4 is 11.9 Å². The summed E-state index contributed by atoms with van der Waals surface area (Å²) in [6.07, 6.45) is 2.97. The SMILES string of the molecule is CCC(C)C(NC(=O)c1nn(-c2cccc(F)c2)c2c1CCC2)C(=O)O. The first-order valence-electron chi connectivity index (χ1n) is 8.82. The minimum absolute atomic E-state index is 0.199. The molecule has 1 aromatic carbocycles. The molecule has 138 valence electrons. The van der Waals surface area contributed by atoms with Crippen LogP contribution >= 0.6 is 0 Å². The summed E-state index contributed by atoms with van der Waals surface area (Å²) in [6.45, 7) is 3.66. The van der Waals surface area contributed by atoms with Crippen LogP contribution in [-0.4, -0.2) is 32.8 Å². The Morgan fingerprint density at radius 2 is 2.15 bits per heavy atom. The van der Waals surface area contributed by atoms with Crippen LogP contribution < -0.4 is 5.32 Å². The fourth-order valence-electron chi connectivity index (χ4n) is 3.33. The quantitative estimate of drug-likeness (QED) is 0.831. The predicted octanol–water partition coefficient (Wildman–Crippen LogP) is 2.73. The third-order valence-electron chi connectivity index (χ3n) is 4.96. The third kappa shape index (κ3) is 3.34. The lowest BCUT2D eigenvalue weighted by Crippen LogP contribution is -2.45. The summed E-state index contributed by atoms with van der Waals surface area (Å²) in [4.78, 5) is 24.2. The summed E-state index contributed by atoms with van der Waals surface area (Å²) in [5.74, 6) is -2.13. The predicted molar refractivity (Wildman–Crippen MR) is 93.9 cm³/mol. The molecular weight excluding hydrogens is 337 g/mol. The monoisotopic (exact) mass is 359 g/mol. The molecule has 1 heterocycles. The number of carboxylic acids is 1. The number of aliphatic carboxylic acids is 1. The van der Waals surface area contributed by atoms with Crippen LogP contribution in [0.1, 0.15) is 48.4 Å². The van der Waals surface area contributed by atoms with Gasteiger partial charge in [-0.05, 0) is 43.4 Å². The molecule has 7 heteroatoms. The molecule has 0 spiro atoms. The Morgan fingerprint density at radius 1 is 1.38 bits per heavy atom. The lowest BCUT2D eigenvalue weighted by atomic mass is 9.99. The van der Waals surface area contributed by atoms with Crippen molar-refractivity contribution in [2.45, 2.75) is 45.6 Å². The van der Waals surface area contributed by atoms with Gasteiger partial charge in [-0.1, -0.05) is 26.3 Å². The third-order valence-corrected chi connectivity index (χ3v) is 4.96. The van der Waals surface area contributed by atoms with Crippen molar-refractivity contribution in [1.82, 2.24) is 15.1 Å². The van der Waals surface area contributed by atoms with E-state index in [-0.39, 0.29) is 17.4 Å². The van der Waals surface area contributed by atoms with Crippen molar-refractivity contribution in [1.29, 1.82) is 0 Å². The molecule has 0 saturated heterocycles. The fraction of sp³-hybridized carbons (Fsp3) is 0.421. The van der Waals surface area contributed by atoms with Crippen LogP contribution in [0.4, 0.5) is 4.39 Å². The van der Waals surface area contributed by atoms with Gasteiger partial charge in [-0.25, -0.2) is 13.9 Å². The number of hydrogen-bond donors (Lipinski definition) is 2. The second-order valence-corrected chi connectivity index (χ2v) is 6.69. The van der Waals surface area contributed by atoms with Gasteiger partial charge in [-0.3, -0.25) is 4.79 Å². The van der Waals surface area contributed by atoms with Gasteiger partial charge in [0.05, 0.1) is 5.69 Å². The topological polar surface area (TPSA) is 84.2 Å². The first-order valence-corrected chi connectivity index (χ1v) is 8.82. The number of halogens is 1. The van der Waals surface area contributed by atoms with Crippen molar-refractivity contribution in [3.05, 3.63) is 47.0 Å². The second-order valence-electron chi connectivity index (χ2n) is 6.69. The maximum atomic E-state index is 13.6. The van der Waals surface area contributed by atoms with E-state index < -0.39 is 17.9 Å². The van der Waals surface area contributed by atoms with Gasteiger partial charge in [0.25, 0.3) is 5.91 Å². The standard InChI is InChI=1S/C19H22FN3O3/c1-3-11(2)16(19(25)26)21-18(24)17-14-8-5-9-15(14)23(22-17)13-7-4-6-12(20)10-13/h4,6-7,10-11,16H,3,5,8-9H2,1-2H3,(H,21,24)(H,25,26). The molecular formula is C19H22FN3O3. The van der Waals surface area contributed by atoms with E-state index >= 15 is 0 Å². The fourth-order valence-corrected chi connectivity index (χ4v) is 3.33. The van der Waals surface area contributed by atoms with Gasteiger partial charge in [0.15, 0.2) is 5.69 Å². The Morgan fingerprint density at radius 3 is 2.81 bits per heavy atom. The normalized spacial score (nSPS) is 15.3. The average molecular weight is 359 g/mol. The summed E-state index contributed by atoms with van der Waals surface area (Å²) in [5, 5.41) is 16.4. The van der Waals surface area contributed by atoms with Crippen molar-refractivity contribution < 1.29 is 19.1 Å². The van der Waals surface area contributed by atoms with Gasteiger partial charge in [-0.2, -0.15) is 5.10 Å². The minimum atomic E-state index is -1.06. The Labute approximate surface area is 151 Å². The molecule has 2 aromatic rings. The van der Waals surface area contributed by atoms with Crippen molar-refractivity contribution in [2.24, 2.45) is 5.92 Å². The molecule has 2 N–H and O–H groups in total.